The van der Waals surface area contributed by atoms with Crippen LogP contribution < -0.4 is 5.73 Å². The van der Waals surface area contributed by atoms with Crippen molar-refractivity contribution in [3.8, 4) is 16.9 Å². The first-order valence-corrected chi connectivity index (χ1v) is 6.35. The Labute approximate surface area is 117 Å². The molecular weight excluding hydrogens is 250 g/mol. The van der Waals surface area contributed by atoms with Crippen LogP contribution in [0.2, 0.25) is 0 Å². The fourth-order valence-corrected chi connectivity index (χ4v) is 2.27. The van der Waals surface area contributed by atoms with Crippen molar-refractivity contribution in [2.75, 3.05) is 5.73 Å². The summed E-state index contributed by atoms with van der Waals surface area (Å²) in [7, 11) is 0. The van der Waals surface area contributed by atoms with Gasteiger partial charge in [0.05, 0.1) is 5.69 Å². The molecule has 0 unspecified atom stereocenters. The number of hydrogen-bond donors (Lipinski definition) is 1. The predicted octanol–water partition coefficient (Wildman–Crippen LogP) is 2.53. The number of benzene rings is 1. The van der Waals surface area contributed by atoms with Crippen LogP contribution in [0.4, 0.5) is 5.82 Å². The van der Waals surface area contributed by atoms with E-state index in [0.29, 0.717) is 11.5 Å². The van der Waals surface area contributed by atoms with Crippen LogP contribution in [-0.2, 0) is 0 Å². The molecule has 20 heavy (non-hydrogen) atoms. The molecule has 0 aliphatic rings. The first-order valence-electron chi connectivity index (χ1n) is 6.35. The first-order chi connectivity index (χ1) is 9.65. The van der Waals surface area contributed by atoms with Gasteiger partial charge in [0.2, 0.25) is 0 Å². The normalized spacial score (nSPS) is 10.7. The van der Waals surface area contributed by atoms with Gasteiger partial charge in [0.25, 0.3) is 0 Å². The summed E-state index contributed by atoms with van der Waals surface area (Å²) in [6, 6.07) is 9.92. The lowest BCUT2D eigenvalue weighted by atomic mass is 10.1. The lowest BCUT2D eigenvalue weighted by Crippen LogP contribution is -2.03. The van der Waals surface area contributed by atoms with E-state index in [1.54, 1.807) is 17.1 Å². The monoisotopic (exact) mass is 265 g/mol. The summed E-state index contributed by atoms with van der Waals surface area (Å²) in [6.45, 7) is 4.10. The van der Waals surface area contributed by atoms with Crippen LogP contribution >= 0.6 is 0 Å². The minimum Gasteiger partial charge on any atom is -0.382 e. The molecule has 0 bridgehead atoms. The predicted molar refractivity (Wildman–Crippen MR) is 78.5 cm³/mol. The van der Waals surface area contributed by atoms with E-state index in [0.717, 1.165) is 11.3 Å². The molecule has 0 spiro atoms. The Hall–Kier alpha value is -2.69. The van der Waals surface area contributed by atoms with Crippen molar-refractivity contribution in [1.82, 2.24) is 20.0 Å². The van der Waals surface area contributed by atoms with Crippen LogP contribution in [0.15, 0.2) is 42.7 Å². The van der Waals surface area contributed by atoms with E-state index in [-0.39, 0.29) is 0 Å². The van der Waals surface area contributed by atoms with Gasteiger partial charge < -0.3 is 5.73 Å². The molecule has 2 heterocycles. The number of rotatable bonds is 2. The van der Waals surface area contributed by atoms with Crippen molar-refractivity contribution in [3.63, 3.8) is 0 Å². The summed E-state index contributed by atoms with van der Waals surface area (Å²) in [5.74, 6) is 0.529. The second kappa shape index (κ2) is 4.77. The van der Waals surface area contributed by atoms with Gasteiger partial charge in [0.15, 0.2) is 5.82 Å². The molecule has 0 atom stereocenters. The molecule has 3 rings (SSSR count). The average Bonchev–Trinajstić information content (AvgIpc) is 2.80. The lowest BCUT2D eigenvalue weighted by molar-refractivity contribution is 0.809. The highest BCUT2D eigenvalue weighted by Gasteiger charge is 2.13. The third-order valence-corrected chi connectivity index (χ3v) is 3.11. The molecule has 0 aliphatic carbocycles. The van der Waals surface area contributed by atoms with E-state index in [1.165, 1.54) is 11.1 Å². The van der Waals surface area contributed by atoms with Crippen molar-refractivity contribution in [1.29, 1.82) is 0 Å². The van der Waals surface area contributed by atoms with E-state index in [9.17, 15) is 0 Å². The largest absolute Gasteiger partial charge is 0.382 e. The average molecular weight is 265 g/mol. The quantitative estimate of drug-likeness (QED) is 0.773. The van der Waals surface area contributed by atoms with Crippen LogP contribution in [0.1, 0.15) is 11.1 Å². The minimum absolute atomic E-state index is 0.529. The van der Waals surface area contributed by atoms with Gasteiger partial charge in [-0.2, -0.15) is 4.68 Å². The van der Waals surface area contributed by atoms with E-state index < -0.39 is 0 Å². The maximum atomic E-state index is 6.19. The van der Waals surface area contributed by atoms with Crippen LogP contribution in [0.5, 0.6) is 0 Å². The molecule has 3 aromatic rings. The third kappa shape index (κ3) is 2.14. The number of nitrogens with two attached hydrogens (primary N) is 1. The maximum Gasteiger partial charge on any atom is 0.155 e. The van der Waals surface area contributed by atoms with Crippen LogP contribution in [0.25, 0.3) is 16.9 Å². The zero-order valence-electron chi connectivity index (χ0n) is 11.4. The number of nitrogen functional groups attached to an aromatic ring is 1. The SMILES string of the molecule is Cc1cc(C)cc(-n2nnc(-c3ccncc3)c2N)c1. The summed E-state index contributed by atoms with van der Waals surface area (Å²) in [5, 5.41) is 8.35. The van der Waals surface area contributed by atoms with Gasteiger partial charge >= 0.3 is 0 Å². The molecule has 0 aliphatic heterocycles. The van der Waals surface area contributed by atoms with Crippen molar-refractivity contribution in [2.24, 2.45) is 0 Å². The Balaban J connectivity index is 2.11. The van der Waals surface area contributed by atoms with Gasteiger partial charge in [-0.05, 0) is 49.2 Å². The molecule has 2 aromatic heterocycles. The van der Waals surface area contributed by atoms with E-state index >= 15 is 0 Å². The molecule has 0 amide bonds. The second-order valence-corrected chi connectivity index (χ2v) is 4.82. The van der Waals surface area contributed by atoms with Crippen LogP contribution in [0, 0.1) is 13.8 Å². The number of pyridine rings is 1. The molecule has 5 heteroatoms. The van der Waals surface area contributed by atoms with Gasteiger partial charge in [-0.25, -0.2) is 0 Å². The van der Waals surface area contributed by atoms with Crippen LogP contribution in [-0.4, -0.2) is 20.0 Å². The van der Waals surface area contributed by atoms with Gasteiger partial charge in [-0.1, -0.05) is 11.3 Å². The number of nitrogens with zero attached hydrogens (tertiary/aromatic N) is 4. The fourth-order valence-electron chi connectivity index (χ4n) is 2.27. The number of anilines is 1. The lowest BCUT2D eigenvalue weighted by Gasteiger charge is -2.06. The fraction of sp³-hybridized carbons (Fsp3) is 0.133. The second-order valence-electron chi connectivity index (χ2n) is 4.82. The summed E-state index contributed by atoms with van der Waals surface area (Å²) in [5.41, 5.74) is 11.0. The highest BCUT2D eigenvalue weighted by atomic mass is 15.5. The highest BCUT2D eigenvalue weighted by Crippen LogP contribution is 2.25. The third-order valence-electron chi connectivity index (χ3n) is 3.11. The Morgan fingerprint density at radius 1 is 1.00 bits per heavy atom. The van der Waals surface area contributed by atoms with E-state index in [2.05, 4.69) is 21.4 Å². The molecule has 0 radical (unpaired) electrons. The van der Waals surface area contributed by atoms with Crippen molar-refractivity contribution < 1.29 is 0 Å². The summed E-state index contributed by atoms with van der Waals surface area (Å²) < 4.78 is 1.66. The maximum absolute atomic E-state index is 6.19. The first kappa shape index (κ1) is 12.3. The summed E-state index contributed by atoms with van der Waals surface area (Å²) in [4.78, 5) is 3.99. The molecule has 1 aromatic carbocycles. The Kier molecular flexibility index (Phi) is 2.95. The topological polar surface area (TPSA) is 69.6 Å². The van der Waals surface area contributed by atoms with E-state index in [1.807, 2.05) is 38.1 Å². The smallest absolute Gasteiger partial charge is 0.155 e. The number of hydrogen-bond acceptors (Lipinski definition) is 4. The van der Waals surface area contributed by atoms with Gasteiger partial charge in [0.1, 0.15) is 5.69 Å². The zero-order valence-corrected chi connectivity index (χ0v) is 11.4. The standard InChI is InChI=1S/C15H15N5/c1-10-7-11(2)9-13(8-10)20-15(16)14(18-19-20)12-3-5-17-6-4-12/h3-9H,16H2,1-2H3. The minimum atomic E-state index is 0.529. The van der Waals surface area contributed by atoms with Crippen LogP contribution in [0.3, 0.4) is 0 Å². The molecule has 0 saturated carbocycles. The van der Waals surface area contributed by atoms with E-state index in [4.69, 9.17) is 5.73 Å². The molecule has 0 saturated heterocycles. The van der Waals surface area contributed by atoms with Crippen molar-refractivity contribution >= 4 is 5.82 Å². The Morgan fingerprint density at radius 3 is 2.30 bits per heavy atom. The molecular formula is C15H15N5. The van der Waals surface area contributed by atoms with Gasteiger partial charge in [-0.15, -0.1) is 5.10 Å². The van der Waals surface area contributed by atoms with Gasteiger partial charge in [0, 0.05) is 18.0 Å². The Morgan fingerprint density at radius 2 is 1.65 bits per heavy atom. The van der Waals surface area contributed by atoms with Crippen molar-refractivity contribution in [3.05, 3.63) is 53.9 Å². The summed E-state index contributed by atoms with van der Waals surface area (Å²) in [6.07, 6.45) is 3.43. The molecule has 2 N–H and O–H groups in total. The summed E-state index contributed by atoms with van der Waals surface area (Å²) >= 11 is 0. The molecule has 100 valence electrons. The number of aromatic nitrogens is 4. The number of aryl methyl sites for hydroxylation is 2. The Bertz CT molecular complexity index is 726. The highest BCUT2D eigenvalue weighted by molar-refractivity contribution is 5.70. The van der Waals surface area contributed by atoms with Crippen molar-refractivity contribution in [2.45, 2.75) is 13.8 Å². The molecule has 0 fully saturated rings. The molecule has 5 nitrogen and oxygen atoms in total. The van der Waals surface area contributed by atoms with Gasteiger partial charge in [-0.3, -0.25) is 4.98 Å². The zero-order chi connectivity index (χ0) is 14.1.